The van der Waals surface area contributed by atoms with Crippen LogP contribution in [0.15, 0.2) is 67.1 Å². The normalized spacial score (nSPS) is 14.0. The minimum Gasteiger partial charge on any atom is -0.395 e. The van der Waals surface area contributed by atoms with E-state index in [4.69, 9.17) is 21.7 Å². The van der Waals surface area contributed by atoms with Gasteiger partial charge in [0.15, 0.2) is 0 Å². The lowest BCUT2D eigenvalue weighted by Crippen LogP contribution is -2.47. The lowest BCUT2D eigenvalue weighted by atomic mass is 10.2. The zero-order valence-corrected chi connectivity index (χ0v) is 21.4. The SMILES string of the molecule is Cc1cnc(Nc2ccc(N3CCN(CCO)CC3)c(Cl)c2)nc1Nc1cccnc1-c1ccccn1. The maximum Gasteiger partial charge on any atom is 0.229 e. The van der Waals surface area contributed by atoms with Crippen molar-refractivity contribution in [2.45, 2.75) is 6.92 Å². The summed E-state index contributed by atoms with van der Waals surface area (Å²) in [4.78, 5) is 22.6. The molecule has 3 aromatic heterocycles. The molecule has 5 rings (SSSR count). The zero-order valence-electron chi connectivity index (χ0n) is 20.6. The largest absolute Gasteiger partial charge is 0.395 e. The van der Waals surface area contributed by atoms with Gasteiger partial charge in [-0.25, -0.2) is 4.98 Å². The molecule has 0 atom stereocenters. The lowest BCUT2D eigenvalue weighted by molar-refractivity contribution is 0.189. The second-order valence-electron chi connectivity index (χ2n) is 8.81. The molecular formula is C27H29ClN8O. The summed E-state index contributed by atoms with van der Waals surface area (Å²) >= 11 is 6.66. The number of aryl methyl sites for hydroxylation is 1. The average Bonchev–Trinajstić information content (AvgIpc) is 2.92. The molecular weight excluding hydrogens is 488 g/mol. The molecule has 10 heteroatoms. The number of nitrogens with one attached hydrogen (secondary N) is 2. The molecule has 0 amide bonds. The van der Waals surface area contributed by atoms with E-state index in [-0.39, 0.29) is 6.61 Å². The first kappa shape index (κ1) is 24.9. The van der Waals surface area contributed by atoms with Gasteiger partial charge in [0.2, 0.25) is 5.95 Å². The van der Waals surface area contributed by atoms with Gasteiger partial charge in [0.25, 0.3) is 0 Å². The van der Waals surface area contributed by atoms with E-state index in [1.54, 1.807) is 18.6 Å². The molecule has 0 radical (unpaired) electrons. The molecule has 37 heavy (non-hydrogen) atoms. The van der Waals surface area contributed by atoms with Crippen molar-refractivity contribution >= 4 is 40.4 Å². The van der Waals surface area contributed by atoms with Crippen LogP contribution in [0.3, 0.4) is 0 Å². The van der Waals surface area contributed by atoms with Crippen LogP contribution in [0.4, 0.5) is 28.8 Å². The number of rotatable bonds is 8. The fourth-order valence-electron chi connectivity index (χ4n) is 4.29. The third-order valence-corrected chi connectivity index (χ3v) is 6.58. The number of halogens is 1. The summed E-state index contributed by atoms with van der Waals surface area (Å²) < 4.78 is 0. The second-order valence-corrected chi connectivity index (χ2v) is 9.22. The van der Waals surface area contributed by atoms with Crippen molar-refractivity contribution in [1.82, 2.24) is 24.8 Å². The first-order chi connectivity index (χ1) is 18.1. The highest BCUT2D eigenvalue weighted by molar-refractivity contribution is 6.33. The molecule has 3 N–H and O–H groups in total. The molecule has 1 aromatic carbocycles. The van der Waals surface area contributed by atoms with E-state index in [9.17, 15) is 0 Å². The Bertz CT molecular complexity index is 1350. The van der Waals surface area contributed by atoms with E-state index in [1.807, 2.05) is 55.5 Å². The summed E-state index contributed by atoms with van der Waals surface area (Å²) in [6.07, 6.45) is 5.27. The number of pyridine rings is 2. The summed E-state index contributed by atoms with van der Waals surface area (Å²) in [5.41, 5.74) is 5.03. The summed E-state index contributed by atoms with van der Waals surface area (Å²) in [6, 6.07) is 15.5. The number of hydrogen-bond donors (Lipinski definition) is 3. The molecule has 1 fully saturated rings. The van der Waals surface area contributed by atoms with Crippen LogP contribution in [0.1, 0.15) is 5.56 Å². The van der Waals surface area contributed by atoms with E-state index in [0.717, 1.165) is 60.2 Å². The van der Waals surface area contributed by atoms with Crippen LogP contribution in [-0.4, -0.2) is 69.3 Å². The Labute approximate surface area is 221 Å². The van der Waals surface area contributed by atoms with Crippen molar-refractivity contribution in [1.29, 1.82) is 0 Å². The highest BCUT2D eigenvalue weighted by Crippen LogP contribution is 2.31. The zero-order chi connectivity index (χ0) is 25.6. The topological polar surface area (TPSA) is 102 Å². The second kappa shape index (κ2) is 11.5. The van der Waals surface area contributed by atoms with Crippen LogP contribution >= 0.6 is 11.6 Å². The maximum atomic E-state index is 9.16. The Balaban J connectivity index is 1.31. The van der Waals surface area contributed by atoms with Gasteiger partial charge in [-0.15, -0.1) is 0 Å². The van der Waals surface area contributed by atoms with Gasteiger partial charge in [0.05, 0.1) is 28.7 Å². The van der Waals surface area contributed by atoms with Crippen LogP contribution < -0.4 is 15.5 Å². The van der Waals surface area contributed by atoms with Crippen LogP contribution in [-0.2, 0) is 0 Å². The number of anilines is 5. The first-order valence-electron chi connectivity index (χ1n) is 12.2. The minimum atomic E-state index is 0.188. The van der Waals surface area contributed by atoms with Gasteiger partial charge in [0, 0.05) is 62.6 Å². The molecule has 9 nitrogen and oxygen atoms in total. The molecule has 1 aliphatic heterocycles. The third-order valence-electron chi connectivity index (χ3n) is 6.27. The van der Waals surface area contributed by atoms with Crippen molar-refractivity contribution in [3.05, 3.63) is 77.7 Å². The molecule has 0 saturated carbocycles. The summed E-state index contributed by atoms with van der Waals surface area (Å²) in [6.45, 7) is 6.41. The maximum absolute atomic E-state index is 9.16. The Hall–Kier alpha value is -3.79. The highest BCUT2D eigenvalue weighted by Gasteiger charge is 2.19. The van der Waals surface area contributed by atoms with Gasteiger partial charge in [-0.2, -0.15) is 4.98 Å². The van der Waals surface area contributed by atoms with Crippen LogP contribution in [0, 0.1) is 6.92 Å². The van der Waals surface area contributed by atoms with Crippen LogP contribution in [0.2, 0.25) is 5.02 Å². The third kappa shape index (κ3) is 5.96. The van der Waals surface area contributed by atoms with Gasteiger partial charge in [0.1, 0.15) is 11.5 Å². The van der Waals surface area contributed by atoms with E-state index in [0.29, 0.717) is 23.3 Å². The van der Waals surface area contributed by atoms with Gasteiger partial charge in [-0.05, 0) is 49.4 Å². The number of aromatic nitrogens is 4. The van der Waals surface area contributed by atoms with Crippen molar-refractivity contribution in [2.24, 2.45) is 0 Å². The molecule has 4 heterocycles. The van der Waals surface area contributed by atoms with E-state index in [2.05, 4.69) is 35.4 Å². The summed E-state index contributed by atoms with van der Waals surface area (Å²) in [7, 11) is 0. The van der Waals surface area contributed by atoms with Crippen molar-refractivity contribution in [3.63, 3.8) is 0 Å². The van der Waals surface area contributed by atoms with Gasteiger partial charge < -0.3 is 20.6 Å². The fraction of sp³-hybridized carbons (Fsp3) is 0.259. The lowest BCUT2D eigenvalue weighted by Gasteiger charge is -2.36. The Kier molecular flexibility index (Phi) is 7.74. The molecule has 0 unspecified atom stereocenters. The predicted octanol–water partition coefficient (Wildman–Crippen LogP) is 4.50. The molecule has 190 valence electrons. The highest BCUT2D eigenvalue weighted by atomic mass is 35.5. The monoisotopic (exact) mass is 516 g/mol. The number of β-amino-alcohol motifs (C(OH)–C–C–N with tert-alkyl or cyclic N) is 1. The quantitative estimate of drug-likeness (QED) is 0.312. The van der Waals surface area contributed by atoms with E-state index >= 15 is 0 Å². The van der Waals surface area contributed by atoms with Crippen molar-refractivity contribution in [2.75, 3.05) is 54.9 Å². The van der Waals surface area contributed by atoms with E-state index in [1.165, 1.54) is 0 Å². The number of nitrogens with zero attached hydrogens (tertiary/aromatic N) is 6. The fourth-order valence-corrected chi connectivity index (χ4v) is 4.59. The number of aliphatic hydroxyl groups is 1. The molecule has 4 aromatic rings. The first-order valence-corrected chi connectivity index (χ1v) is 12.6. The Morgan fingerprint density at radius 1 is 0.946 bits per heavy atom. The van der Waals surface area contributed by atoms with Gasteiger partial charge in [-0.3, -0.25) is 14.9 Å². The number of benzene rings is 1. The molecule has 0 bridgehead atoms. The molecule has 0 spiro atoms. The average molecular weight is 517 g/mol. The Morgan fingerprint density at radius 2 is 1.78 bits per heavy atom. The number of piperazine rings is 1. The molecule has 1 aliphatic rings. The predicted molar refractivity (Wildman–Crippen MR) is 148 cm³/mol. The van der Waals surface area contributed by atoms with Crippen LogP contribution in [0.25, 0.3) is 11.4 Å². The molecule has 1 saturated heterocycles. The van der Waals surface area contributed by atoms with Gasteiger partial charge >= 0.3 is 0 Å². The van der Waals surface area contributed by atoms with Gasteiger partial charge in [-0.1, -0.05) is 17.7 Å². The standard InChI is InChI=1S/C27H29ClN8O/c1-19-18-31-27(34-26(19)33-23-6-4-10-30-25(23)22-5-2-3-9-29-22)32-20-7-8-24(21(28)17-20)36-13-11-35(12-14-36)15-16-37/h2-10,17-18,37H,11-16H2,1H3,(H2,31,32,33,34). The van der Waals surface area contributed by atoms with Crippen molar-refractivity contribution in [3.8, 4) is 11.4 Å². The minimum absolute atomic E-state index is 0.188. The number of aliphatic hydroxyl groups excluding tert-OH is 1. The van der Waals surface area contributed by atoms with Crippen LogP contribution in [0.5, 0.6) is 0 Å². The number of hydrogen-bond acceptors (Lipinski definition) is 9. The summed E-state index contributed by atoms with van der Waals surface area (Å²) in [5.74, 6) is 1.13. The molecule has 0 aliphatic carbocycles. The van der Waals surface area contributed by atoms with Crippen molar-refractivity contribution < 1.29 is 5.11 Å². The smallest absolute Gasteiger partial charge is 0.229 e. The van der Waals surface area contributed by atoms with E-state index < -0.39 is 0 Å². The summed E-state index contributed by atoms with van der Waals surface area (Å²) in [5, 5.41) is 16.5. The Morgan fingerprint density at radius 3 is 2.54 bits per heavy atom.